The Bertz CT molecular complexity index is 975. The van der Waals surface area contributed by atoms with Gasteiger partial charge in [-0.3, -0.25) is 4.79 Å². The highest BCUT2D eigenvalue weighted by Gasteiger charge is 2.11. The van der Waals surface area contributed by atoms with Crippen molar-refractivity contribution in [3.05, 3.63) is 66.4 Å². The predicted molar refractivity (Wildman–Crippen MR) is 98.1 cm³/mol. The second kappa shape index (κ2) is 7.32. The number of carbonyl (C=O) groups excluding carboxylic acids is 1. The number of nitrogens with zero attached hydrogens (tertiary/aromatic N) is 4. The highest BCUT2D eigenvalue weighted by atomic mass is 32.1. The van der Waals surface area contributed by atoms with Crippen molar-refractivity contribution in [1.82, 2.24) is 19.7 Å². The van der Waals surface area contributed by atoms with Crippen molar-refractivity contribution < 1.29 is 9.32 Å². The third-order valence-electron chi connectivity index (χ3n) is 3.73. The van der Waals surface area contributed by atoms with E-state index in [-0.39, 0.29) is 12.3 Å². The van der Waals surface area contributed by atoms with Gasteiger partial charge in [0.2, 0.25) is 17.6 Å². The molecule has 0 aliphatic rings. The summed E-state index contributed by atoms with van der Waals surface area (Å²) >= 11 is 1.55. The van der Waals surface area contributed by atoms with Crippen LogP contribution < -0.4 is 5.32 Å². The highest BCUT2D eigenvalue weighted by molar-refractivity contribution is 7.13. The van der Waals surface area contributed by atoms with E-state index in [9.17, 15) is 4.79 Å². The molecule has 26 heavy (non-hydrogen) atoms. The Labute approximate surface area is 153 Å². The fraction of sp³-hybridized carbons (Fsp3) is 0.111. The number of thiophene rings is 1. The minimum absolute atomic E-state index is 0.101. The lowest BCUT2D eigenvalue weighted by molar-refractivity contribution is -0.116. The molecule has 0 bridgehead atoms. The molecule has 1 aromatic carbocycles. The maximum atomic E-state index is 12.1. The van der Waals surface area contributed by atoms with Crippen LogP contribution in [0.1, 0.15) is 12.3 Å². The zero-order chi connectivity index (χ0) is 17.8. The SMILES string of the molecule is O=C(CCc1nc(-c2cccs2)no1)Nc1ccc(-n2ccnc2)cc1. The zero-order valence-electron chi connectivity index (χ0n) is 13.7. The quantitative estimate of drug-likeness (QED) is 0.565. The molecule has 7 nitrogen and oxygen atoms in total. The van der Waals surface area contributed by atoms with E-state index in [0.717, 1.165) is 16.3 Å². The maximum Gasteiger partial charge on any atom is 0.227 e. The molecule has 0 saturated carbocycles. The summed E-state index contributed by atoms with van der Waals surface area (Å²) in [4.78, 5) is 21.4. The van der Waals surface area contributed by atoms with Crippen LogP contribution in [-0.2, 0) is 11.2 Å². The van der Waals surface area contributed by atoms with Gasteiger partial charge < -0.3 is 14.4 Å². The third kappa shape index (κ3) is 3.70. The summed E-state index contributed by atoms with van der Waals surface area (Å²) in [6, 6.07) is 11.4. The molecule has 0 saturated heterocycles. The fourth-order valence-electron chi connectivity index (χ4n) is 2.43. The Morgan fingerprint density at radius 1 is 1.23 bits per heavy atom. The van der Waals surface area contributed by atoms with Crippen LogP contribution in [0.5, 0.6) is 0 Å². The van der Waals surface area contributed by atoms with Crippen LogP contribution in [0.2, 0.25) is 0 Å². The lowest BCUT2D eigenvalue weighted by atomic mass is 10.2. The van der Waals surface area contributed by atoms with Gasteiger partial charge in [0.05, 0.1) is 11.2 Å². The molecule has 0 unspecified atom stereocenters. The van der Waals surface area contributed by atoms with Crippen LogP contribution in [-0.4, -0.2) is 25.6 Å². The highest BCUT2D eigenvalue weighted by Crippen LogP contribution is 2.21. The first kappa shape index (κ1) is 16.2. The average Bonchev–Trinajstić information content (AvgIpc) is 3.42. The molecule has 4 aromatic rings. The summed E-state index contributed by atoms with van der Waals surface area (Å²) in [5.74, 6) is 0.917. The smallest absolute Gasteiger partial charge is 0.227 e. The Balaban J connectivity index is 1.31. The van der Waals surface area contributed by atoms with Gasteiger partial charge in [0.15, 0.2) is 0 Å². The number of carbonyl (C=O) groups is 1. The van der Waals surface area contributed by atoms with Gasteiger partial charge in [-0.05, 0) is 35.7 Å². The van der Waals surface area contributed by atoms with Crippen LogP contribution in [0.15, 0.2) is 65.0 Å². The lowest BCUT2D eigenvalue weighted by Gasteiger charge is -2.06. The number of nitrogens with one attached hydrogen (secondary N) is 1. The number of hydrogen-bond donors (Lipinski definition) is 1. The molecule has 3 heterocycles. The number of rotatable bonds is 6. The number of benzene rings is 1. The van der Waals surface area contributed by atoms with E-state index in [1.165, 1.54) is 0 Å². The predicted octanol–water partition coefficient (Wildman–Crippen LogP) is 3.56. The molecule has 0 spiro atoms. The second-order valence-electron chi connectivity index (χ2n) is 5.55. The van der Waals surface area contributed by atoms with Crippen molar-refractivity contribution in [2.75, 3.05) is 5.32 Å². The van der Waals surface area contributed by atoms with E-state index >= 15 is 0 Å². The molecule has 0 fully saturated rings. The van der Waals surface area contributed by atoms with Crippen molar-refractivity contribution in [2.45, 2.75) is 12.8 Å². The Kier molecular flexibility index (Phi) is 4.57. The molecular formula is C18H15N5O2S. The third-order valence-corrected chi connectivity index (χ3v) is 4.59. The van der Waals surface area contributed by atoms with Gasteiger partial charge >= 0.3 is 0 Å². The maximum absolute atomic E-state index is 12.1. The van der Waals surface area contributed by atoms with E-state index in [4.69, 9.17) is 4.52 Å². The number of anilines is 1. The molecule has 130 valence electrons. The lowest BCUT2D eigenvalue weighted by Crippen LogP contribution is -2.12. The Morgan fingerprint density at radius 2 is 2.12 bits per heavy atom. The van der Waals surface area contributed by atoms with E-state index in [2.05, 4.69) is 20.4 Å². The first-order valence-corrected chi connectivity index (χ1v) is 8.90. The van der Waals surface area contributed by atoms with Crippen LogP contribution in [0, 0.1) is 0 Å². The molecule has 0 aliphatic carbocycles. The molecular weight excluding hydrogens is 350 g/mol. The molecule has 0 radical (unpaired) electrons. The molecule has 0 atom stereocenters. The van der Waals surface area contributed by atoms with Crippen LogP contribution in [0.3, 0.4) is 0 Å². The summed E-state index contributed by atoms with van der Waals surface area (Å²) < 4.78 is 7.10. The monoisotopic (exact) mass is 365 g/mol. The summed E-state index contributed by atoms with van der Waals surface area (Å²) in [6.45, 7) is 0. The molecule has 1 amide bonds. The van der Waals surface area contributed by atoms with E-state index in [1.807, 2.05) is 52.5 Å². The van der Waals surface area contributed by atoms with Crippen molar-refractivity contribution in [2.24, 2.45) is 0 Å². The van der Waals surface area contributed by atoms with Crippen molar-refractivity contribution >= 4 is 22.9 Å². The van der Waals surface area contributed by atoms with Gasteiger partial charge in [0, 0.05) is 36.6 Å². The second-order valence-corrected chi connectivity index (χ2v) is 6.50. The molecule has 0 aliphatic heterocycles. The van der Waals surface area contributed by atoms with Gasteiger partial charge in [0.25, 0.3) is 0 Å². The van der Waals surface area contributed by atoms with Crippen molar-refractivity contribution in [3.8, 4) is 16.4 Å². The summed E-state index contributed by atoms with van der Waals surface area (Å²) in [6.07, 6.45) is 5.98. The summed E-state index contributed by atoms with van der Waals surface area (Å²) in [5, 5.41) is 8.76. The molecule has 4 rings (SSSR count). The van der Waals surface area contributed by atoms with Gasteiger partial charge in [-0.1, -0.05) is 11.2 Å². The minimum Gasteiger partial charge on any atom is -0.339 e. The molecule has 1 N–H and O–H groups in total. The molecule has 3 aromatic heterocycles. The van der Waals surface area contributed by atoms with Crippen molar-refractivity contribution in [3.63, 3.8) is 0 Å². The normalized spacial score (nSPS) is 10.8. The number of aromatic nitrogens is 4. The first-order valence-electron chi connectivity index (χ1n) is 8.03. The van der Waals surface area contributed by atoms with Crippen LogP contribution in [0.4, 0.5) is 5.69 Å². The average molecular weight is 365 g/mol. The van der Waals surface area contributed by atoms with E-state index in [0.29, 0.717) is 18.1 Å². The number of imidazole rings is 1. The summed E-state index contributed by atoms with van der Waals surface area (Å²) in [7, 11) is 0. The Morgan fingerprint density at radius 3 is 2.85 bits per heavy atom. The number of hydrogen-bond acceptors (Lipinski definition) is 6. The van der Waals surface area contributed by atoms with Crippen molar-refractivity contribution in [1.29, 1.82) is 0 Å². The van der Waals surface area contributed by atoms with Gasteiger partial charge in [-0.15, -0.1) is 11.3 Å². The van der Waals surface area contributed by atoms with E-state index in [1.54, 1.807) is 23.9 Å². The fourth-order valence-corrected chi connectivity index (χ4v) is 3.08. The number of aryl methyl sites for hydroxylation is 1. The summed E-state index contributed by atoms with van der Waals surface area (Å²) in [5.41, 5.74) is 1.72. The topological polar surface area (TPSA) is 85.8 Å². The van der Waals surface area contributed by atoms with Crippen LogP contribution >= 0.6 is 11.3 Å². The van der Waals surface area contributed by atoms with Crippen LogP contribution in [0.25, 0.3) is 16.4 Å². The minimum atomic E-state index is -0.101. The first-order chi connectivity index (χ1) is 12.8. The van der Waals surface area contributed by atoms with Gasteiger partial charge in [0.1, 0.15) is 0 Å². The molecule has 8 heteroatoms. The van der Waals surface area contributed by atoms with E-state index < -0.39 is 0 Å². The standard InChI is InChI=1S/C18H15N5O2S/c24-16(7-8-17-21-18(22-25-17)15-2-1-11-26-15)20-13-3-5-14(6-4-13)23-10-9-19-12-23/h1-6,9-12H,7-8H2,(H,20,24). The number of amides is 1. The largest absolute Gasteiger partial charge is 0.339 e. The zero-order valence-corrected chi connectivity index (χ0v) is 14.5. The van der Waals surface area contributed by atoms with Gasteiger partial charge in [-0.25, -0.2) is 4.98 Å². The van der Waals surface area contributed by atoms with Gasteiger partial charge in [-0.2, -0.15) is 4.98 Å². The Hall–Kier alpha value is -3.26.